The first-order valence-electron chi connectivity index (χ1n) is 4.78. The molecule has 1 aromatic rings. The molecule has 0 aliphatic heterocycles. The van der Waals surface area contributed by atoms with Crippen LogP contribution in [0.5, 0.6) is 0 Å². The van der Waals surface area contributed by atoms with E-state index in [9.17, 15) is 0 Å². The SMILES string of the molecule is C#CC1(c2csc(C3CC3)n2)CC1. The first-order valence-corrected chi connectivity index (χ1v) is 5.66. The number of terminal acetylenes is 1. The topological polar surface area (TPSA) is 12.9 Å². The standard InChI is InChI=1S/C11H11NS/c1-2-11(5-6-11)9-7-13-10(12-9)8-3-4-8/h1,7-8H,3-6H2. The van der Waals surface area contributed by atoms with Gasteiger partial charge in [0.05, 0.1) is 16.1 Å². The number of hydrogen-bond acceptors (Lipinski definition) is 2. The molecule has 2 aliphatic rings. The number of thiazole rings is 1. The minimum absolute atomic E-state index is 0.0453. The third kappa shape index (κ3) is 1.11. The molecule has 0 radical (unpaired) electrons. The number of rotatable bonds is 2. The lowest BCUT2D eigenvalue weighted by Gasteiger charge is -2.00. The van der Waals surface area contributed by atoms with Gasteiger partial charge in [-0.15, -0.1) is 17.8 Å². The first kappa shape index (κ1) is 7.58. The molecule has 0 atom stereocenters. The summed E-state index contributed by atoms with van der Waals surface area (Å²) in [4.78, 5) is 4.65. The van der Waals surface area contributed by atoms with Crippen molar-refractivity contribution in [2.75, 3.05) is 0 Å². The zero-order chi connectivity index (χ0) is 8.89. The van der Waals surface area contributed by atoms with Crippen LogP contribution in [0.15, 0.2) is 5.38 Å². The summed E-state index contributed by atoms with van der Waals surface area (Å²) in [5.74, 6) is 3.66. The lowest BCUT2D eigenvalue weighted by molar-refractivity contribution is 0.867. The lowest BCUT2D eigenvalue weighted by Crippen LogP contribution is -2.02. The molecule has 13 heavy (non-hydrogen) atoms. The Morgan fingerprint density at radius 3 is 2.85 bits per heavy atom. The van der Waals surface area contributed by atoms with E-state index in [1.807, 2.05) is 0 Å². The van der Waals surface area contributed by atoms with Crippen molar-refractivity contribution in [3.63, 3.8) is 0 Å². The van der Waals surface area contributed by atoms with Gasteiger partial charge < -0.3 is 0 Å². The van der Waals surface area contributed by atoms with Crippen molar-refractivity contribution in [2.45, 2.75) is 37.0 Å². The molecule has 0 saturated heterocycles. The molecule has 1 aromatic heterocycles. The predicted octanol–water partition coefficient (Wildman–Crippen LogP) is 2.69. The van der Waals surface area contributed by atoms with Gasteiger partial charge in [0, 0.05) is 11.3 Å². The second kappa shape index (κ2) is 2.36. The van der Waals surface area contributed by atoms with Crippen LogP contribution < -0.4 is 0 Å². The summed E-state index contributed by atoms with van der Waals surface area (Å²) in [6.07, 6.45) is 10.4. The lowest BCUT2D eigenvalue weighted by atomic mass is 10.1. The highest BCUT2D eigenvalue weighted by Gasteiger charge is 2.45. The summed E-state index contributed by atoms with van der Waals surface area (Å²) >= 11 is 1.80. The summed E-state index contributed by atoms with van der Waals surface area (Å²) < 4.78 is 0. The molecule has 0 spiro atoms. The van der Waals surface area contributed by atoms with E-state index < -0.39 is 0 Å². The molecule has 1 nitrogen and oxygen atoms in total. The highest BCUT2D eigenvalue weighted by atomic mass is 32.1. The van der Waals surface area contributed by atoms with E-state index in [1.165, 1.54) is 23.5 Å². The predicted molar refractivity (Wildman–Crippen MR) is 53.8 cm³/mol. The molecule has 2 saturated carbocycles. The number of nitrogens with zero attached hydrogens (tertiary/aromatic N) is 1. The van der Waals surface area contributed by atoms with Gasteiger partial charge in [-0.3, -0.25) is 0 Å². The fraction of sp³-hybridized carbons (Fsp3) is 0.545. The molecular formula is C11H11NS. The Morgan fingerprint density at radius 2 is 2.31 bits per heavy atom. The van der Waals surface area contributed by atoms with Gasteiger partial charge in [0.2, 0.25) is 0 Å². The summed E-state index contributed by atoms with van der Waals surface area (Å²) in [5.41, 5.74) is 1.21. The van der Waals surface area contributed by atoms with Crippen LogP contribution in [-0.4, -0.2) is 4.98 Å². The summed E-state index contributed by atoms with van der Waals surface area (Å²) in [5, 5.41) is 3.48. The molecular weight excluding hydrogens is 178 g/mol. The molecule has 2 aliphatic carbocycles. The van der Waals surface area contributed by atoms with Crippen LogP contribution in [0.3, 0.4) is 0 Å². The molecule has 0 N–H and O–H groups in total. The minimum atomic E-state index is 0.0453. The summed E-state index contributed by atoms with van der Waals surface area (Å²) in [7, 11) is 0. The summed E-state index contributed by atoms with van der Waals surface area (Å²) in [6, 6.07) is 0. The highest BCUT2D eigenvalue weighted by Crippen LogP contribution is 2.49. The molecule has 2 heteroatoms. The largest absolute Gasteiger partial charge is 0.244 e. The van der Waals surface area contributed by atoms with E-state index in [4.69, 9.17) is 6.42 Å². The van der Waals surface area contributed by atoms with Crippen molar-refractivity contribution in [2.24, 2.45) is 0 Å². The fourth-order valence-electron chi connectivity index (χ4n) is 1.62. The van der Waals surface area contributed by atoms with Crippen LogP contribution in [0.25, 0.3) is 0 Å². The van der Waals surface area contributed by atoms with Gasteiger partial charge in [-0.1, -0.05) is 5.92 Å². The molecule has 0 aromatic carbocycles. The Morgan fingerprint density at radius 1 is 1.54 bits per heavy atom. The Labute approximate surface area is 82.2 Å². The normalized spacial score (nSPS) is 23.9. The first-order chi connectivity index (χ1) is 6.34. The Balaban J connectivity index is 1.93. The Bertz CT molecular complexity index is 377. The van der Waals surface area contributed by atoms with Gasteiger partial charge in [0.15, 0.2) is 0 Å². The van der Waals surface area contributed by atoms with Crippen molar-refractivity contribution in [1.82, 2.24) is 4.98 Å². The molecule has 0 amide bonds. The van der Waals surface area contributed by atoms with Gasteiger partial charge in [-0.2, -0.15) is 0 Å². The van der Waals surface area contributed by atoms with Gasteiger partial charge in [-0.25, -0.2) is 4.98 Å². The zero-order valence-electron chi connectivity index (χ0n) is 7.42. The van der Waals surface area contributed by atoms with E-state index in [0.717, 1.165) is 18.8 Å². The van der Waals surface area contributed by atoms with Crippen LogP contribution in [0.4, 0.5) is 0 Å². The van der Waals surface area contributed by atoms with E-state index in [2.05, 4.69) is 16.3 Å². The molecule has 3 rings (SSSR count). The van der Waals surface area contributed by atoms with Crippen LogP contribution in [-0.2, 0) is 5.41 Å². The second-order valence-electron chi connectivity index (χ2n) is 4.07. The van der Waals surface area contributed by atoms with Crippen molar-refractivity contribution in [1.29, 1.82) is 0 Å². The smallest absolute Gasteiger partial charge is 0.0959 e. The highest BCUT2D eigenvalue weighted by molar-refractivity contribution is 7.09. The van der Waals surface area contributed by atoms with Crippen molar-refractivity contribution in [3.8, 4) is 12.3 Å². The molecule has 66 valence electrons. The van der Waals surface area contributed by atoms with E-state index in [1.54, 1.807) is 11.3 Å². The van der Waals surface area contributed by atoms with Crippen molar-refractivity contribution in [3.05, 3.63) is 16.1 Å². The monoisotopic (exact) mass is 189 g/mol. The maximum absolute atomic E-state index is 5.52. The third-order valence-corrected chi connectivity index (χ3v) is 3.97. The second-order valence-corrected chi connectivity index (χ2v) is 4.96. The maximum Gasteiger partial charge on any atom is 0.0959 e. The Hall–Kier alpha value is -0.810. The summed E-state index contributed by atoms with van der Waals surface area (Å²) in [6.45, 7) is 0. The number of aromatic nitrogens is 1. The van der Waals surface area contributed by atoms with Gasteiger partial charge in [-0.05, 0) is 25.7 Å². The van der Waals surface area contributed by atoms with Crippen LogP contribution in [0.2, 0.25) is 0 Å². The number of hydrogen-bond donors (Lipinski definition) is 0. The van der Waals surface area contributed by atoms with Crippen molar-refractivity contribution >= 4 is 11.3 Å². The third-order valence-electron chi connectivity index (χ3n) is 2.97. The molecule has 0 unspecified atom stereocenters. The molecule has 0 bridgehead atoms. The van der Waals surface area contributed by atoms with Gasteiger partial charge >= 0.3 is 0 Å². The maximum atomic E-state index is 5.52. The van der Waals surface area contributed by atoms with E-state index in [0.29, 0.717) is 0 Å². The van der Waals surface area contributed by atoms with E-state index >= 15 is 0 Å². The molecule has 1 heterocycles. The average Bonchev–Trinajstić information content (AvgIpc) is 3.07. The van der Waals surface area contributed by atoms with Gasteiger partial charge in [0.25, 0.3) is 0 Å². The average molecular weight is 189 g/mol. The van der Waals surface area contributed by atoms with Gasteiger partial charge in [0.1, 0.15) is 0 Å². The Kier molecular flexibility index (Phi) is 1.38. The van der Waals surface area contributed by atoms with Crippen LogP contribution in [0.1, 0.15) is 42.3 Å². The fourth-order valence-corrected chi connectivity index (χ4v) is 2.71. The van der Waals surface area contributed by atoms with Crippen LogP contribution >= 0.6 is 11.3 Å². The molecule has 2 fully saturated rings. The minimum Gasteiger partial charge on any atom is -0.244 e. The van der Waals surface area contributed by atoms with Crippen molar-refractivity contribution < 1.29 is 0 Å². The quantitative estimate of drug-likeness (QED) is 0.652. The van der Waals surface area contributed by atoms with E-state index in [-0.39, 0.29) is 5.41 Å². The zero-order valence-corrected chi connectivity index (χ0v) is 8.23. The van der Waals surface area contributed by atoms with Crippen LogP contribution in [0, 0.1) is 12.3 Å².